The highest BCUT2D eigenvalue weighted by molar-refractivity contribution is 6.03. The molecule has 5 nitrogen and oxygen atoms in total. The molecule has 0 saturated heterocycles. The van der Waals surface area contributed by atoms with Crippen molar-refractivity contribution >= 4 is 22.5 Å². The number of aryl methyl sites for hydroxylation is 1. The lowest BCUT2D eigenvalue weighted by molar-refractivity contribution is -0.118. The van der Waals surface area contributed by atoms with Gasteiger partial charge in [-0.2, -0.15) is 0 Å². The van der Waals surface area contributed by atoms with Gasteiger partial charge in [0.05, 0.1) is 5.41 Å². The van der Waals surface area contributed by atoms with Gasteiger partial charge in [-0.05, 0) is 60.7 Å². The predicted octanol–water partition coefficient (Wildman–Crippen LogP) is 5.67. The van der Waals surface area contributed by atoms with Crippen LogP contribution in [0.3, 0.4) is 0 Å². The zero-order valence-corrected chi connectivity index (χ0v) is 18.0. The molecule has 0 atom stereocenters. The van der Waals surface area contributed by atoms with Crippen molar-refractivity contribution in [3.8, 4) is 11.5 Å². The summed E-state index contributed by atoms with van der Waals surface area (Å²) in [6.07, 6.45) is 2.64. The highest BCUT2D eigenvalue weighted by Gasteiger charge is 2.51. The van der Waals surface area contributed by atoms with E-state index >= 15 is 0 Å². The number of hydrogen-bond acceptors (Lipinski definition) is 3. The predicted molar refractivity (Wildman–Crippen MR) is 121 cm³/mol. The molecule has 2 heterocycles. The second-order valence-electron chi connectivity index (χ2n) is 9.45. The Morgan fingerprint density at radius 2 is 1.90 bits per heavy atom. The summed E-state index contributed by atoms with van der Waals surface area (Å²) in [5, 5.41) is 4.37. The summed E-state index contributed by atoms with van der Waals surface area (Å²) in [7, 11) is 0. The number of H-pyrrole nitrogens is 1. The Morgan fingerprint density at radius 1 is 1.13 bits per heavy atom. The van der Waals surface area contributed by atoms with Gasteiger partial charge in [0, 0.05) is 29.1 Å². The van der Waals surface area contributed by atoms with Crippen molar-refractivity contribution in [3.05, 3.63) is 53.2 Å². The fraction of sp³-hybridized carbons (Fsp3) is 0.400. The number of anilines is 1. The van der Waals surface area contributed by atoms with Crippen LogP contribution in [0.25, 0.3) is 10.9 Å². The van der Waals surface area contributed by atoms with Crippen molar-refractivity contribution < 1.29 is 15.7 Å². The molecule has 2 N–H and O–H groups in total. The molecule has 158 valence electrons. The van der Waals surface area contributed by atoms with Crippen molar-refractivity contribution in [2.45, 2.75) is 57.8 Å². The zero-order valence-electron chi connectivity index (χ0n) is 18.0. The van der Waals surface area contributed by atoms with Crippen LogP contribution < -0.4 is 14.8 Å². The van der Waals surface area contributed by atoms with E-state index in [1.165, 1.54) is 16.6 Å². The van der Waals surface area contributed by atoms with Crippen molar-refractivity contribution in [1.82, 2.24) is 4.98 Å². The van der Waals surface area contributed by atoms with Crippen LogP contribution in [0.1, 0.15) is 58.8 Å². The molecular formula is C25H30N2O3. The van der Waals surface area contributed by atoms with E-state index in [0.29, 0.717) is 0 Å². The van der Waals surface area contributed by atoms with E-state index in [2.05, 4.69) is 50.1 Å². The second kappa shape index (κ2) is 6.53. The number of aromatic nitrogens is 1. The molecule has 2 aliphatic rings. The lowest BCUT2D eigenvalue weighted by atomic mass is 9.88. The average molecular weight is 407 g/mol. The number of benzene rings is 2. The van der Waals surface area contributed by atoms with Crippen LogP contribution in [0.2, 0.25) is 0 Å². The summed E-state index contributed by atoms with van der Waals surface area (Å²) in [6, 6.07) is 12.0. The molecule has 0 spiro atoms. The zero-order chi connectivity index (χ0) is 21.1. The van der Waals surface area contributed by atoms with Crippen molar-refractivity contribution in [3.63, 3.8) is 0 Å². The first-order valence-electron chi connectivity index (χ1n) is 10.7. The van der Waals surface area contributed by atoms with E-state index in [-0.39, 0.29) is 19.5 Å². The van der Waals surface area contributed by atoms with Crippen LogP contribution in [0.15, 0.2) is 36.4 Å². The Bertz CT molecular complexity index is 1160. The fourth-order valence-corrected chi connectivity index (χ4v) is 4.55. The fourth-order valence-electron chi connectivity index (χ4n) is 4.55. The number of nitrogens with one attached hydrogen (secondary N) is 2. The van der Waals surface area contributed by atoms with E-state index in [1.807, 2.05) is 24.3 Å². The van der Waals surface area contributed by atoms with Crippen LogP contribution in [0.5, 0.6) is 11.5 Å². The smallest absolute Gasteiger partial charge is 0.235 e. The van der Waals surface area contributed by atoms with Gasteiger partial charge < -0.3 is 19.8 Å². The van der Waals surface area contributed by atoms with Crippen LogP contribution in [-0.4, -0.2) is 17.7 Å². The van der Waals surface area contributed by atoms with E-state index in [1.54, 1.807) is 0 Å². The highest BCUT2D eigenvalue weighted by Crippen LogP contribution is 2.51. The molecule has 2 aromatic carbocycles. The minimum absolute atomic E-state index is 0. The van der Waals surface area contributed by atoms with Crippen LogP contribution in [0.4, 0.5) is 5.69 Å². The number of rotatable bonds is 4. The van der Waals surface area contributed by atoms with Gasteiger partial charge in [0.25, 0.3) is 0 Å². The van der Waals surface area contributed by atoms with Crippen molar-refractivity contribution in [2.75, 3.05) is 12.1 Å². The maximum absolute atomic E-state index is 13.3. The molecular weight excluding hydrogens is 376 g/mol. The normalized spacial score (nSPS) is 16.7. The van der Waals surface area contributed by atoms with Crippen LogP contribution in [-0.2, 0) is 22.0 Å². The first kappa shape index (κ1) is 19.0. The Labute approximate surface area is 178 Å². The maximum atomic E-state index is 13.3. The summed E-state index contributed by atoms with van der Waals surface area (Å²) in [5.74, 6) is 1.52. The topological polar surface area (TPSA) is 63.4 Å². The number of amides is 1. The monoisotopic (exact) mass is 406 g/mol. The molecule has 1 fully saturated rings. The van der Waals surface area contributed by atoms with Crippen LogP contribution >= 0.6 is 0 Å². The second-order valence-corrected chi connectivity index (χ2v) is 9.45. The lowest BCUT2D eigenvalue weighted by Gasteiger charge is -2.19. The Morgan fingerprint density at radius 3 is 2.60 bits per heavy atom. The molecule has 1 aromatic heterocycles. The molecule has 1 saturated carbocycles. The van der Waals surface area contributed by atoms with Gasteiger partial charge in [0.1, 0.15) is 0 Å². The first-order valence-corrected chi connectivity index (χ1v) is 10.7. The summed E-state index contributed by atoms with van der Waals surface area (Å²) in [5.41, 5.74) is 5.12. The summed E-state index contributed by atoms with van der Waals surface area (Å²) >= 11 is 0. The third-order valence-corrected chi connectivity index (χ3v) is 6.38. The number of fused-ring (bicyclic) bond motifs is 2. The summed E-state index contributed by atoms with van der Waals surface area (Å²) in [6.45, 7) is 9.10. The van der Waals surface area contributed by atoms with Crippen molar-refractivity contribution in [2.24, 2.45) is 0 Å². The number of carbonyl (C=O) groups excluding carboxylic acids is 1. The molecule has 0 radical (unpaired) electrons. The van der Waals surface area contributed by atoms with Gasteiger partial charge in [-0.15, -0.1) is 0 Å². The van der Waals surface area contributed by atoms with Gasteiger partial charge in [-0.25, -0.2) is 0 Å². The molecule has 30 heavy (non-hydrogen) atoms. The number of hydrogen-bond donors (Lipinski definition) is 2. The van der Waals surface area contributed by atoms with E-state index in [9.17, 15) is 4.79 Å². The molecule has 3 aromatic rings. The third kappa shape index (κ3) is 2.95. The van der Waals surface area contributed by atoms with Crippen molar-refractivity contribution in [1.29, 1.82) is 0 Å². The minimum Gasteiger partial charge on any atom is -0.454 e. The molecule has 1 aliphatic heterocycles. The minimum atomic E-state index is -0.474. The summed E-state index contributed by atoms with van der Waals surface area (Å²) in [4.78, 5) is 16.9. The van der Waals surface area contributed by atoms with Crippen LogP contribution in [0, 0.1) is 0 Å². The van der Waals surface area contributed by atoms with Gasteiger partial charge >= 0.3 is 0 Å². The van der Waals surface area contributed by atoms with Gasteiger partial charge in [0.2, 0.25) is 12.7 Å². The first-order chi connectivity index (χ1) is 14.3. The SMILES string of the molecule is CCc1c(C(C)(C)C)[nH]c2ccc(NC(=O)C3(c4ccc5c(c4)OCO5)CC3)cc12.[HH]. The molecule has 0 bridgehead atoms. The molecule has 0 unspecified atom stereocenters. The Balaban J connectivity index is 0.00000231. The van der Waals surface area contributed by atoms with E-state index in [4.69, 9.17) is 9.47 Å². The number of carbonyl (C=O) groups is 1. The number of aromatic amines is 1. The molecule has 5 rings (SSSR count). The quantitative estimate of drug-likeness (QED) is 0.586. The highest BCUT2D eigenvalue weighted by atomic mass is 16.7. The Hall–Kier alpha value is -2.95. The molecule has 1 aliphatic carbocycles. The lowest BCUT2D eigenvalue weighted by Crippen LogP contribution is -2.27. The van der Waals surface area contributed by atoms with E-state index in [0.717, 1.165) is 47.5 Å². The third-order valence-electron chi connectivity index (χ3n) is 6.38. The Kier molecular flexibility index (Phi) is 4.14. The standard InChI is InChI=1S/C25H28N2O3.H2/c1-5-17-18-13-16(7-8-19(18)27-22(17)24(2,3)4)26-23(28)25(10-11-25)15-6-9-20-21(12-15)30-14-29-20;/h6-9,12-13,27H,5,10-11,14H2,1-4H3,(H,26,28);1H. The van der Waals surface area contributed by atoms with Gasteiger partial charge in [-0.3, -0.25) is 4.79 Å². The largest absolute Gasteiger partial charge is 0.454 e. The average Bonchev–Trinajstić information content (AvgIpc) is 3.24. The van der Waals surface area contributed by atoms with Gasteiger partial charge in [0.15, 0.2) is 11.5 Å². The maximum Gasteiger partial charge on any atom is 0.235 e. The molecule has 1 amide bonds. The number of ether oxygens (including phenoxy) is 2. The van der Waals surface area contributed by atoms with Gasteiger partial charge in [-0.1, -0.05) is 33.8 Å². The summed E-state index contributed by atoms with van der Waals surface area (Å²) < 4.78 is 10.9. The van der Waals surface area contributed by atoms with E-state index < -0.39 is 5.41 Å². The molecule has 5 heteroatoms.